The van der Waals surface area contributed by atoms with Crippen LogP contribution in [-0.2, 0) is 11.2 Å². The van der Waals surface area contributed by atoms with Gasteiger partial charge in [-0.25, -0.2) is 0 Å². The Hall–Kier alpha value is -2.80. The second-order valence-corrected chi connectivity index (χ2v) is 6.91. The first-order valence-corrected chi connectivity index (χ1v) is 9.16. The van der Waals surface area contributed by atoms with Crippen LogP contribution in [0.5, 0.6) is 0 Å². The average molecular weight is 368 g/mol. The molecule has 0 bridgehead atoms. The summed E-state index contributed by atoms with van der Waals surface area (Å²) >= 11 is 0. The number of aromatic nitrogens is 1. The minimum Gasteiger partial charge on any atom is -0.337 e. The summed E-state index contributed by atoms with van der Waals surface area (Å²) < 4.78 is 0. The van der Waals surface area contributed by atoms with E-state index in [0.717, 1.165) is 30.8 Å². The molecule has 0 aliphatic carbocycles. The highest BCUT2D eigenvalue weighted by atomic mass is 16.6. The second kappa shape index (κ2) is 8.73. The van der Waals surface area contributed by atoms with E-state index in [1.165, 1.54) is 25.0 Å². The number of carbonyl (C=O) groups excluding carboxylic acids is 1. The molecule has 1 atom stereocenters. The van der Waals surface area contributed by atoms with Crippen LogP contribution in [0.15, 0.2) is 48.8 Å². The Kier molecular flexibility index (Phi) is 6.13. The largest absolute Gasteiger partial charge is 0.337 e. The van der Waals surface area contributed by atoms with Gasteiger partial charge in [0, 0.05) is 38.1 Å². The van der Waals surface area contributed by atoms with Crippen molar-refractivity contribution >= 4 is 11.6 Å². The average Bonchev–Trinajstić information content (AvgIpc) is 3.20. The minimum absolute atomic E-state index is 0.0168. The van der Waals surface area contributed by atoms with Gasteiger partial charge in [0.2, 0.25) is 5.91 Å². The number of nitrogens with zero attached hydrogens (tertiary/aromatic N) is 4. The zero-order valence-corrected chi connectivity index (χ0v) is 15.5. The normalized spacial score (nSPS) is 15.4. The molecule has 1 fully saturated rings. The zero-order valence-electron chi connectivity index (χ0n) is 15.5. The lowest BCUT2D eigenvalue weighted by Gasteiger charge is -2.32. The molecule has 1 aromatic carbocycles. The predicted molar refractivity (Wildman–Crippen MR) is 102 cm³/mol. The summed E-state index contributed by atoms with van der Waals surface area (Å²) in [7, 11) is 1.82. The molecule has 1 unspecified atom stereocenters. The lowest BCUT2D eigenvalue weighted by molar-refractivity contribution is -0.384. The summed E-state index contributed by atoms with van der Waals surface area (Å²) in [6.45, 7) is 2.90. The van der Waals surface area contributed by atoms with E-state index in [-0.39, 0.29) is 24.1 Å². The monoisotopic (exact) mass is 368 g/mol. The maximum Gasteiger partial charge on any atom is 0.269 e. The van der Waals surface area contributed by atoms with Crippen molar-refractivity contribution in [3.8, 4) is 0 Å². The Labute approximate surface area is 158 Å². The van der Waals surface area contributed by atoms with Crippen molar-refractivity contribution in [2.75, 3.05) is 26.7 Å². The molecule has 1 saturated heterocycles. The van der Waals surface area contributed by atoms with Crippen LogP contribution < -0.4 is 0 Å². The van der Waals surface area contributed by atoms with E-state index in [4.69, 9.17) is 0 Å². The number of nitro groups is 1. The molecule has 1 aliphatic heterocycles. The van der Waals surface area contributed by atoms with Crippen LogP contribution in [-0.4, -0.2) is 52.3 Å². The number of carbonyl (C=O) groups is 1. The van der Waals surface area contributed by atoms with Gasteiger partial charge in [-0.1, -0.05) is 18.2 Å². The van der Waals surface area contributed by atoms with Gasteiger partial charge in [0.15, 0.2) is 0 Å². The van der Waals surface area contributed by atoms with Crippen LogP contribution in [0.3, 0.4) is 0 Å². The van der Waals surface area contributed by atoms with Gasteiger partial charge < -0.3 is 9.80 Å². The number of hydrogen-bond acceptors (Lipinski definition) is 5. The molecule has 7 nitrogen and oxygen atoms in total. The number of hydrogen-bond donors (Lipinski definition) is 0. The van der Waals surface area contributed by atoms with E-state index < -0.39 is 4.92 Å². The standard InChI is InChI=1S/C20H24N4O3/c1-22(20(25)13-16-6-8-18(9-7-16)24(26)27)19(15-23-11-2-3-12-23)17-5-4-10-21-14-17/h4-10,14,19H,2-3,11-13,15H2,1H3. The van der Waals surface area contributed by atoms with Crippen molar-refractivity contribution < 1.29 is 9.72 Å². The van der Waals surface area contributed by atoms with Crippen LogP contribution in [0.4, 0.5) is 5.69 Å². The summed E-state index contributed by atoms with van der Waals surface area (Å²) in [6.07, 6.45) is 6.15. The number of amides is 1. The smallest absolute Gasteiger partial charge is 0.269 e. The number of rotatable bonds is 7. The van der Waals surface area contributed by atoms with Gasteiger partial charge in [0.1, 0.15) is 0 Å². The Bertz CT molecular complexity index is 774. The number of likely N-dealkylation sites (N-methyl/N-ethyl adjacent to an activating group) is 1. The van der Waals surface area contributed by atoms with Crippen LogP contribution in [0.1, 0.15) is 30.0 Å². The van der Waals surface area contributed by atoms with Crippen molar-refractivity contribution in [2.45, 2.75) is 25.3 Å². The molecule has 142 valence electrons. The fourth-order valence-electron chi connectivity index (χ4n) is 3.44. The molecule has 1 aromatic heterocycles. The van der Waals surface area contributed by atoms with Crippen molar-refractivity contribution in [1.29, 1.82) is 0 Å². The van der Waals surface area contributed by atoms with Crippen molar-refractivity contribution in [3.05, 3.63) is 70.0 Å². The van der Waals surface area contributed by atoms with Gasteiger partial charge in [-0.3, -0.25) is 19.9 Å². The molecular weight excluding hydrogens is 344 g/mol. The van der Waals surface area contributed by atoms with E-state index in [0.29, 0.717) is 0 Å². The van der Waals surface area contributed by atoms with E-state index in [1.807, 2.05) is 25.4 Å². The van der Waals surface area contributed by atoms with E-state index in [9.17, 15) is 14.9 Å². The fourth-order valence-corrected chi connectivity index (χ4v) is 3.44. The Morgan fingerprint density at radius 1 is 1.26 bits per heavy atom. The van der Waals surface area contributed by atoms with E-state index >= 15 is 0 Å². The highest BCUT2D eigenvalue weighted by molar-refractivity contribution is 5.79. The summed E-state index contributed by atoms with van der Waals surface area (Å²) in [5, 5.41) is 10.8. The highest BCUT2D eigenvalue weighted by Gasteiger charge is 2.25. The number of benzene rings is 1. The van der Waals surface area contributed by atoms with Crippen molar-refractivity contribution in [2.24, 2.45) is 0 Å². The lowest BCUT2D eigenvalue weighted by Crippen LogP contribution is -2.39. The van der Waals surface area contributed by atoms with Gasteiger partial charge in [0.25, 0.3) is 5.69 Å². The van der Waals surface area contributed by atoms with Crippen LogP contribution in [0, 0.1) is 10.1 Å². The third-order valence-corrected chi connectivity index (χ3v) is 5.06. The first-order valence-electron chi connectivity index (χ1n) is 9.16. The first-order chi connectivity index (χ1) is 13.0. The topological polar surface area (TPSA) is 79.6 Å². The van der Waals surface area contributed by atoms with Crippen LogP contribution >= 0.6 is 0 Å². The summed E-state index contributed by atoms with van der Waals surface area (Å²) in [6, 6.07) is 9.98. The molecular formula is C20H24N4O3. The maximum absolute atomic E-state index is 12.9. The minimum atomic E-state index is -0.438. The summed E-state index contributed by atoms with van der Waals surface area (Å²) in [4.78, 5) is 31.6. The number of likely N-dealkylation sites (tertiary alicyclic amines) is 1. The van der Waals surface area contributed by atoms with Gasteiger partial charge in [-0.05, 0) is 43.1 Å². The Morgan fingerprint density at radius 3 is 2.56 bits per heavy atom. The molecule has 0 spiro atoms. The van der Waals surface area contributed by atoms with Crippen molar-refractivity contribution in [3.63, 3.8) is 0 Å². The Balaban J connectivity index is 1.72. The molecule has 7 heteroatoms. The van der Waals surface area contributed by atoms with Gasteiger partial charge >= 0.3 is 0 Å². The van der Waals surface area contributed by atoms with E-state index in [1.54, 1.807) is 23.2 Å². The molecule has 3 rings (SSSR count). The lowest BCUT2D eigenvalue weighted by atomic mass is 10.1. The fraction of sp³-hybridized carbons (Fsp3) is 0.400. The van der Waals surface area contributed by atoms with Crippen molar-refractivity contribution in [1.82, 2.24) is 14.8 Å². The molecule has 0 saturated carbocycles. The summed E-state index contributed by atoms with van der Waals surface area (Å²) in [5.41, 5.74) is 1.81. The molecule has 1 amide bonds. The summed E-state index contributed by atoms with van der Waals surface area (Å²) in [5.74, 6) is -0.0168. The van der Waals surface area contributed by atoms with E-state index in [2.05, 4.69) is 9.88 Å². The molecule has 2 aromatic rings. The highest BCUT2D eigenvalue weighted by Crippen LogP contribution is 2.23. The molecule has 1 aliphatic rings. The first kappa shape index (κ1) is 19.0. The zero-order chi connectivity index (χ0) is 19.2. The Morgan fingerprint density at radius 2 is 1.96 bits per heavy atom. The molecule has 2 heterocycles. The molecule has 27 heavy (non-hydrogen) atoms. The van der Waals surface area contributed by atoms with Gasteiger partial charge in [-0.15, -0.1) is 0 Å². The second-order valence-electron chi connectivity index (χ2n) is 6.91. The van der Waals surface area contributed by atoms with Crippen LogP contribution in [0.25, 0.3) is 0 Å². The number of pyridine rings is 1. The quantitative estimate of drug-likeness (QED) is 0.555. The molecule has 0 N–H and O–H groups in total. The SMILES string of the molecule is CN(C(=O)Cc1ccc([N+](=O)[O-])cc1)C(CN1CCCC1)c1cccnc1. The van der Waals surface area contributed by atoms with Gasteiger partial charge in [0.05, 0.1) is 17.4 Å². The molecule has 0 radical (unpaired) electrons. The van der Waals surface area contributed by atoms with Gasteiger partial charge in [-0.2, -0.15) is 0 Å². The third-order valence-electron chi connectivity index (χ3n) is 5.06. The van der Waals surface area contributed by atoms with Crippen LogP contribution in [0.2, 0.25) is 0 Å². The predicted octanol–water partition coefficient (Wildman–Crippen LogP) is 2.83. The maximum atomic E-state index is 12.9. The number of non-ortho nitro benzene ring substituents is 1. The number of nitro benzene ring substituents is 1. The third kappa shape index (κ3) is 4.89.